The quantitative estimate of drug-likeness (QED) is 0.413. The van der Waals surface area contributed by atoms with Gasteiger partial charge in [0.05, 0.1) is 41.8 Å². The minimum Gasteiger partial charge on any atom is -0.488 e. The first-order chi connectivity index (χ1) is 16.6. The molecule has 12 heteroatoms. The molecule has 194 valence electrons. The predicted octanol–water partition coefficient (Wildman–Crippen LogP) is 1.75. The van der Waals surface area contributed by atoms with E-state index in [1.54, 1.807) is 26.2 Å². The lowest BCUT2D eigenvalue weighted by Crippen LogP contribution is -2.38. The normalized spacial score (nSPS) is 20.8. The van der Waals surface area contributed by atoms with Gasteiger partial charge in [0.15, 0.2) is 0 Å². The van der Waals surface area contributed by atoms with Crippen LogP contribution in [0.3, 0.4) is 0 Å². The lowest BCUT2D eigenvalue weighted by Gasteiger charge is -2.35. The number of aryl methyl sites for hydroxylation is 2. The molecule has 3 rings (SSSR count). The number of pyridine rings is 1. The van der Waals surface area contributed by atoms with Crippen molar-refractivity contribution in [2.45, 2.75) is 65.0 Å². The molecule has 11 nitrogen and oxygen atoms in total. The average Bonchev–Trinajstić information content (AvgIpc) is 3.22. The van der Waals surface area contributed by atoms with E-state index in [2.05, 4.69) is 20.0 Å². The number of carbonyl (C=O) groups is 1. The molecule has 0 spiro atoms. The van der Waals surface area contributed by atoms with E-state index in [-0.39, 0.29) is 19.3 Å². The summed E-state index contributed by atoms with van der Waals surface area (Å²) in [6.07, 6.45) is 5.09. The molecule has 0 radical (unpaired) electrons. The summed E-state index contributed by atoms with van der Waals surface area (Å²) in [6, 6.07) is 3.56. The maximum atomic E-state index is 12.6. The Labute approximate surface area is 207 Å². The molecule has 0 bridgehead atoms. The summed E-state index contributed by atoms with van der Waals surface area (Å²) in [6.45, 7) is 4.11. The van der Waals surface area contributed by atoms with E-state index in [9.17, 15) is 18.3 Å². The first-order valence-corrected chi connectivity index (χ1v) is 13.4. The molecule has 2 atom stereocenters. The number of aliphatic hydroxyl groups excluding tert-OH is 1. The largest absolute Gasteiger partial charge is 0.488 e. The van der Waals surface area contributed by atoms with Crippen LogP contribution in [0.1, 0.15) is 56.8 Å². The van der Waals surface area contributed by atoms with E-state index in [1.165, 1.54) is 8.99 Å². The lowest BCUT2D eigenvalue weighted by molar-refractivity contribution is -0.122. The maximum absolute atomic E-state index is 12.6. The van der Waals surface area contributed by atoms with Gasteiger partial charge in [-0.2, -0.15) is 17.4 Å². The summed E-state index contributed by atoms with van der Waals surface area (Å²) in [4.78, 5) is 16.2. The van der Waals surface area contributed by atoms with Gasteiger partial charge in [0, 0.05) is 20.6 Å². The van der Waals surface area contributed by atoms with Gasteiger partial charge in [0.2, 0.25) is 0 Å². The fourth-order valence-corrected chi connectivity index (χ4v) is 5.17. The van der Waals surface area contributed by atoms with Crippen LogP contribution in [0.25, 0.3) is 11.4 Å². The highest BCUT2D eigenvalue weighted by molar-refractivity contribution is 7.87. The molecule has 1 aliphatic rings. The number of aromatic nitrogens is 4. The number of nitrogens with one attached hydrogen (secondary N) is 1. The third kappa shape index (κ3) is 6.43. The Morgan fingerprint density at radius 2 is 2.17 bits per heavy atom. The van der Waals surface area contributed by atoms with Crippen LogP contribution in [-0.4, -0.2) is 70.4 Å². The van der Waals surface area contributed by atoms with Crippen LogP contribution in [0.5, 0.6) is 5.75 Å². The van der Waals surface area contributed by atoms with Crippen molar-refractivity contribution in [3.8, 4) is 17.1 Å². The third-order valence-electron chi connectivity index (χ3n) is 6.58. The fraction of sp³-hybridized carbons (Fsp3) is 0.652. The van der Waals surface area contributed by atoms with Crippen molar-refractivity contribution >= 4 is 16.5 Å². The molecular formula is C23H36N6O5S. The molecule has 2 heterocycles. The van der Waals surface area contributed by atoms with Gasteiger partial charge in [-0.15, -0.1) is 5.10 Å². The summed E-state index contributed by atoms with van der Waals surface area (Å²) in [5.41, 5.74) is 1.53. The van der Waals surface area contributed by atoms with Gasteiger partial charge in [0.1, 0.15) is 17.7 Å². The van der Waals surface area contributed by atoms with Gasteiger partial charge in [-0.05, 0) is 51.2 Å². The second-order valence-corrected chi connectivity index (χ2v) is 11.1. The number of hydrogen-bond donors (Lipinski definition) is 2. The Bertz CT molecular complexity index is 1120. The Morgan fingerprint density at radius 3 is 2.83 bits per heavy atom. The summed E-state index contributed by atoms with van der Waals surface area (Å²) in [7, 11) is -0.383. The second kappa shape index (κ2) is 11.5. The summed E-state index contributed by atoms with van der Waals surface area (Å²) in [5, 5.41) is 17.9. The van der Waals surface area contributed by atoms with Crippen LogP contribution in [0.2, 0.25) is 0 Å². The fourth-order valence-electron chi connectivity index (χ4n) is 4.26. The van der Waals surface area contributed by atoms with Crippen molar-refractivity contribution in [3.63, 3.8) is 0 Å². The number of hydrogen-bond acceptors (Lipinski definition) is 8. The van der Waals surface area contributed by atoms with Gasteiger partial charge in [-0.1, -0.05) is 18.6 Å². The molecule has 0 aromatic carbocycles. The molecular weight excluding hydrogens is 472 g/mol. The van der Waals surface area contributed by atoms with Crippen molar-refractivity contribution in [3.05, 3.63) is 23.5 Å². The van der Waals surface area contributed by atoms with E-state index in [0.29, 0.717) is 47.9 Å². The molecule has 1 aliphatic carbocycles. The number of aliphatic hydroxyl groups is 1. The molecule has 2 N–H and O–H groups in total. The Hall–Kier alpha value is -2.41. The first kappa shape index (κ1) is 27.2. The standard InChI is InChI=1S/C23H36N6O5S/c1-5-6-12-28(3)35(32,33)24-14-20-22(26-27-29(20)4)19-9-10-21(17(2)25-19)34-18-8-7-11-23(13-18,15-30)16-31/h9-10,15,18,24,31H,5-8,11-14,16H2,1-4H3/t18-,23?/m0/s1. The molecule has 1 fully saturated rings. The topological polar surface area (TPSA) is 140 Å². The zero-order valence-electron chi connectivity index (χ0n) is 20.9. The monoisotopic (exact) mass is 508 g/mol. The van der Waals surface area contributed by atoms with Crippen LogP contribution in [-0.2, 0) is 28.6 Å². The van der Waals surface area contributed by atoms with E-state index >= 15 is 0 Å². The highest BCUT2D eigenvalue weighted by Crippen LogP contribution is 2.36. The smallest absolute Gasteiger partial charge is 0.279 e. The number of carbonyl (C=O) groups excluding carboxylic acids is 1. The van der Waals surface area contributed by atoms with Crippen molar-refractivity contribution in [1.82, 2.24) is 29.0 Å². The number of nitrogens with zero attached hydrogens (tertiary/aromatic N) is 5. The highest BCUT2D eigenvalue weighted by Gasteiger charge is 2.37. The molecule has 1 unspecified atom stereocenters. The Morgan fingerprint density at radius 1 is 1.40 bits per heavy atom. The average molecular weight is 509 g/mol. The molecule has 2 aromatic heterocycles. The zero-order valence-corrected chi connectivity index (χ0v) is 21.7. The lowest BCUT2D eigenvalue weighted by atomic mass is 9.74. The number of rotatable bonds is 12. The molecule has 2 aromatic rings. The second-order valence-electron chi connectivity index (χ2n) is 9.26. The number of unbranched alkanes of at least 4 members (excludes halogenated alkanes) is 1. The van der Waals surface area contributed by atoms with Crippen LogP contribution >= 0.6 is 0 Å². The number of ether oxygens (including phenoxy) is 1. The van der Waals surface area contributed by atoms with Gasteiger partial charge in [0.25, 0.3) is 10.2 Å². The summed E-state index contributed by atoms with van der Waals surface area (Å²) >= 11 is 0. The zero-order chi connectivity index (χ0) is 25.6. The summed E-state index contributed by atoms with van der Waals surface area (Å²) in [5.74, 6) is 0.599. The Balaban J connectivity index is 1.74. The minimum atomic E-state index is -3.64. The van der Waals surface area contributed by atoms with Crippen molar-refractivity contribution in [2.24, 2.45) is 12.5 Å². The van der Waals surface area contributed by atoms with Crippen LogP contribution in [0, 0.1) is 12.3 Å². The molecule has 0 amide bonds. The minimum absolute atomic E-state index is 0.0215. The molecule has 0 saturated heterocycles. The predicted molar refractivity (Wildman–Crippen MR) is 131 cm³/mol. The molecule has 1 saturated carbocycles. The van der Waals surface area contributed by atoms with E-state index in [1.807, 2.05) is 13.8 Å². The van der Waals surface area contributed by atoms with Crippen LogP contribution in [0.4, 0.5) is 0 Å². The van der Waals surface area contributed by atoms with Crippen molar-refractivity contribution < 1.29 is 23.1 Å². The molecule has 0 aliphatic heterocycles. The highest BCUT2D eigenvalue weighted by atomic mass is 32.2. The first-order valence-electron chi connectivity index (χ1n) is 12.0. The van der Waals surface area contributed by atoms with Crippen molar-refractivity contribution in [2.75, 3.05) is 20.2 Å². The maximum Gasteiger partial charge on any atom is 0.279 e. The number of aldehydes is 1. The van der Waals surface area contributed by atoms with Crippen LogP contribution < -0.4 is 9.46 Å². The van der Waals surface area contributed by atoms with E-state index in [0.717, 1.165) is 32.0 Å². The molecule has 35 heavy (non-hydrogen) atoms. The van der Waals surface area contributed by atoms with E-state index < -0.39 is 15.6 Å². The SMILES string of the molecule is CCCCN(C)S(=O)(=O)NCc1c(-c2ccc(O[C@H]3CCCC(C=O)(CO)C3)c(C)n2)nnn1C. The van der Waals surface area contributed by atoms with Gasteiger partial charge < -0.3 is 14.6 Å². The van der Waals surface area contributed by atoms with Gasteiger partial charge >= 0.3 is 0 Å². The van der Waals surface area contributed by atoms with Gasteiger partial charge in [-0.3, -0.25) is 4.68 Å². The van der Waals surface area contributed by atoms with E-state index in [4.69, 9.17) is 4.74 Å². The van der Waals surface area contributed by atoms with Crippen molar-refractivity contribution in [1.29, 1.82) is 0 Å². The third-order valence-corrected chi connectivity index (χ3v) is 8.09. The van der Waals surface area contributed by atoms with Crippen LogP contribution in [0.15, 0.2) is 12.1 Å². The Kier molecular flexibility index (Phi) is 8.97. The summed E-state index contributed by atoms with van der Waals surface area (Å²) < 4.78 is 36.7. The van der Waals surface area contributed by atoms with Gasteiger partial charge in [-0.25, -0.2) is 4.98 Å².